The van der Waals surface area contributed by atoms with E-state index in [0.29, 0.717) is 0 Å². The number of nitrogens with zero attached hydrogens (tertiary/aromatic N) is 1. The SMILES string of the molecule is COc1c(C)cc(S(=O)(=O)NCc2ccccc2CN2CCCC2)cc1C. The van der Waals surface area contributed by atoms with Crippen LogP contribution >= 0.6 is 0 Å². The van der Waals surface area contributed by atoms with Crippen molar-refractivity contribution >= 4 is 10.0 Å². The Kier molecular flexibility index (Phi) is 6.19. The average Bonchev–Trinajstić information content (AvgIpc) is 3.14. The van der Waals surface area contributed by atoms with Crippen LogP contribution < -0.4 is 9.46 Å². The van der Waals surface area contributed by atoms with Crippen molar-refractivity contribution in [3.8, 4) is 5.75 Å². The van der Waals surface area contributed by atoms with Gasteiger partial charge in [-0.3, -0.25) is 4.90 Å². The predicted molar refractivity (Wildman–Crippen MR) is 107 cm³/mol. The van der Waals surface area contributed by atoms with Crippen LogP contribution in [0.3, 0.4) is 0 Å². The maximum Gasteiger partial charge on any atom is 0.240 e. The fraction of sp³-hybridized carbons (Fsp3) is 0.429. The first kappa shape index (κ1) is 19.9. The highest BCUT2D eigenvalue weighted by Crippen LogP contribution is 2.26. The van der Waals surface area contributed by atoms with Gasteiger partial charge >= 0.3 is 0 Å². The molecule has 146 valence electrons. The summed E-state index contributed by atoms with van der Waals surface area (Å²) >= 11 is 0. The molecule has 1 N–H and O–H groups in total. The van der Waals surface area contributed by atoms with E-state index >= 15 is 0 Å². The van der Waals surface area contributed by atoms with Crippen molar-refractivity contribution in [1.82, 2.24) is 9.62 Å². The quantitative estimate of drug-likeness (QED) is 0.790. The van der Waals surface area contributed by atoms with Gasteiger partial charge in [0.2, 0.25) is 10.0 Å². The van der Waals surface area contributed by atoms with Gasteiger partial charge in [-0.25, -0.2) is 13.1 Å². The second kappa shape index (κ2) is 8.42. The van der Waals surface area contributed by atoms with Crippen LogP contribution in [-0.4, -0.2) is 33.5 Å². The molecule has 0 radical (unpaired) electrons. The third-order valence-electron chi connectivity index (χ3n) is 5.11. The van der Waals surface area contributed by atoms with Crippen LogP contribution in [0.25, 0.3) is 0 Å². The van der Waals surface area contributed by atoms with Crippen molar-refractivity contribution < 1.29 is 13.2 Å². The van der Waals surface area contributed by atoms with Crippen molar-refractivity contribution in [2.45, 2.75) is 44.7 Å². The molecule has 6 heteroatoms. The summed E-state index contributed by atoms with van der Waals surface area (Å²) in [4.78, 5) is 2.69. The van der Waals surface area contributed by atoms with Gasteiger partial charge in [-0.2, -0.15) is 0 Å². The number of nitrogens with one attached hydrogen (secondary N) is 1. The smallest absolute Gasteiger partial charge is 0.240 e. The van der Waals surface area contributed by atoms with E-state index in [4.69, 9.17) is 4.74 Å². The summed E-state index contributed by atoms with van der Waals surface area (Å²) in [6.07, 6.45) is 2.48. The van der Waals surface area contributed by atoms with Crippen molar-refractivity contribution in [3.05, 3.63) is 58.7 Å². The summed E-state index contributed by atoms with van der Waals surface area (Å²) in [7, 11) is -2.00. The molecule has 0 saturated carbocycles. The normalized spacial score (nSPS) is 15.2. The van der Waals surface area contributed by atoms with Crippen LogP contribution in [0, 0.1) is 13.8 Å². The average molecular weight is 389 g/mol. The minimum atomic E-state index is -3.59. The Hall–Kier alpha value is -1.89. The molecular weight excluding hydrogens is 360 g/mol. The molecule has 1 fully saturated rings. The van der Waals surface area contributed by atoms with Crippen LogP contribution in [0.5, 0.6) is 5.75 Å². The molecule has 2 aromatic rings. The number of hydrogen-bond acceptors (Lipinski definition) is 4. The fourth-order valence-electron chi connectivity index (χ4n) is 3.71. The Morgan fingerprint density at radius 2 is 1.63 bits per heavy atom. The molecule has 1 heterocycles. The number of benzene rings is 2. The lowest BCUT2D eigenvalue weighted by Crippen LogP contribution is -2.25. The maximum atomic E-state index is 12.8. The Bertz CT molecular complexity index is 880. The lowest BCUT2D eigenvalue weighted by molar-refractivity contribution is 0.330. The van der Waals surface area contributed by atoms with Crippen LogP contribution in [-0.2, 0) is 23.1 Å². The zero-order valence-corrected chi connectivity index (χ0v) is 17.1. The van der Waals surface area contributed by atoms with E-state index in [-0.39, 0.29) is 11.4 Å². The summed E-state index contributed by atoms with van der Waals surface area (Å²) in [6, 6.07) is 11.4. The highest BCUT2D eigenvalue weighted by atomic mass is 32.2. The van der Waals surface area contributed by atoms with Gasteiger partial charge < -0.3 is 4.74 Å². The molecular formula is C21H28N2O3S. The van der Waals surface area contributed by atoms with Gasteiger partial charge in [0.1, 0.15) is 5.75 Å². The molecule has 0 aromatic heterocycles. The molecule has 5 nitrogen and oxygen atoms in total. The molecule has 1 aliphatic heterocycles. The van der Waals surface area contributed by atoms with Gasteiger partial charge in [0.15, 0.2) is 0 Å². The highest BCUT2D eigenvalue weighted by molar-refractivity contribution is 7.89. The topological polar surface area (TPSA) is 58.6 Å². The van der Waals surface area contributed by atoms with Crippen LogP contribution in [0.15, 0.2) is 41.3 Å². The number of likely N-dealkylation sites (tertiary alicyclic amines) is 1. The second-order valence-electron chi connectivity index (χ2n) is 7.17. The van der Waals surface area contributed by atoms with Gasteiger partial charge in [-0.1, -0.05) is 24.3 Å². The first-order chi connectivity index (χ1) is 12.9. The maximum absolute atomic E-state index is 12.8. The Morgan fingerprint density at radius 1 is 1.04 bits per heavy atom. The summed E-state index contributed by atoms with van der Waals surface area (Å²) in [5, 5.41) is 0. The highest BCUT2D eigenvalue weighted by Gasteiger charge is 2.18. The number of ether oxygens (including phenoxy) is 1. The van der Waals surface area contributed by atoms with Crippen LogP contribution in [0.4, 0.5) is 0 Å². The van der Waals surface area contributed by atoms with Crippen molar-refractivity contribution in [2.24, 2.45) is 0 Å². The van der Waals surface area contributed by atoms with Gasteiger partial charge in [-0.15, -0.1) is 0 Å². The number of methoxy groups -OCH3 is 1. The molecule has 2 aromatic carbocycles. The van der Waals surface area contributed by atoms with Crippen molar-refractivity contribution in [2.75, 3.05) is 20.2 Å². The van der Waals surface area contributed by atoms with Gasteiger partial charge in [0.25, 0.3) is 0 Å². The molecule has 1 aliphatic rings. The van der Waals surface area contributed by atoms with E-state index < -0.39 is 10.0 Å². The van der Waals surface area contributed by atoms with E-state index in [9.17, 15) is 8.42 Å². The summed E-state index contributed by atoms with van der Waals surface area (Å²) in [5.41, 5.74) is 3.83. The third-order valence-corrected chi connectivity index (χ3v) is 6.49. The Morgan fingerprint density at radius 3 is 2.22 bits per heavy atom. The molecule has 0 spiro atoms. The molecule has 3 rings (SSSR count). The number of aryl methyl sites for hydroxylation is 2. The number of sulfonamides is 1. The standard InChI is InChI=1S/C21H28N2O3S/c1-16-12-20(13-17(2)21(16)26-3)27(24,25)22-14-18-8-4-5-9-19(18)15-23-10-6-7-11-23/h4-5,8-9,12-13,22H,6-7,10-11,14-15H2,1-3H3. The zero-order chi connectivity index (χ0) is 19.4. The molecule has 0 bridgehead atoms. The first-order valence-electron chi connectivity index (χ1n) is 9.35. The van der Waals surface area contributed by atoms with Crippen LogP contribution in [0.2, 0.25) is 0 Å². The van der Waals surface area contributed by atoms with Crippen molar-refractivity contribution in [3.63, 3.8) is 0 Å². The van der Waals surface area contributed by atoms with E-state index in [0.717, 1.165) is 42.1 Å². The molecule has 27 heavy (non-hydrogen) atoms. The fourth-order valence-corrected chi connectivity index (χ4v) is 4.89. The monoisotopic (exact) mass is 388 g/mol. The minimum absolute atomic E-state index is 0.273. The van der Waals surface area contributed by atoms with E-state index in [1.54, 1.807) is 19.2 Å². The minimum Gasteiger partial charge on any atom is -0.496 e. The summed E-state index contributed by atoms with van der Waals surface area (Å²) in [5.74, 6) is 0.727. The van der Waals surface area contributed by atoms with Gasteiger partial charge in [-0.05, 0) is 74.2 Å². The van der Waals surface area contributed by atoms with E-state index in [1.807, 2.05) is 32.0 Å². The molecule has 0 amide bonds. The summed E-state index contributed by atoms with van der Waals surface area (Å²) in [6.45, 7) is 7.11. The second-order valence-corrected chi connectivity index (χ2v) is 8.93. The van der Waals surface area contributed by atoms with Gasteiger partial charge in [0, 0.05) is 13.1 Å². The molecule has 1 saturated heterocycles. The molecule has 0 unspecified atom stereocenters. The molecule has 0 aliphatic carbocycles. The van der Waals surface area contributed by atoms with Gasteiger partial charge in [0.05, 0.1) is 12.0 Å². The lowest BCUT2D eigenvalue weighted by Gasteiger charge is -2.18. The first-order valence-corrected chi connectivity index (χ1v) is 10.8. The number of hydrogen-bond donors (Lipinski definition) is 1. The summed E-state index contributed by atoms with van der Waals surface area (Å²) < 4.78 is 33.7. The zero-order valence-electron chi connectivity index (χ0n) is 16.3. The number of rotatable bonds is 7. The van der Waals surface area contributed by atoms with Crippen LogP contribution in [0.1, 0.15) is 35.1 Å². The van der Waals surface area contributed by atoms with E-state index in [2.05, 4.69) is 15.7 Å². The Labute approximate surface area is 162 Å². The lowest BCUT2D eigenvalue weighted by atomic mass is 10.1. The Balaban J connectivity index is 1.76. The third kappa shape index (κ3) is 4.69. The van der Waals surface area contributed by atoms with E-state index in [1.165, 1.54) is 18.4 Å². The van der Waals surface area contributed by atoms with Crippen molar-refractivity contribution in [1.29, 1.82) is 0 Å². The predicted octanol–water partition coefficient (Wildman–Crippen LogP) is 3.39. The molecule has 0 atom stereocenters. The largest absolute Gasteiger partial charge is 0.496 e.